The van der Waals surface area contributed by atoms with Crippen molar-refractivity contribution in [3.05, 3.63) is 65.5 Å². The van der Waals surface area contributed by atoms with Crippen LogP contribution >= 0.6 is 0 Å². The molecule has 1 N–H and O–H groups in total. The first-order valence-corrected chi connectivity index (χ1v) is 9.14. The highest BCUT2D eigenvalue weighted by atomic mass is 19.1. The average Bonchev–Trinajstić information content (AvgIpc) is 2.93. The van der Waals surface area contributed by atoms with Gasteiger partial charge >= 0.3 is 6.09 Å². The van der Waals surface area contributed by atoms with Crippen molar-refractivity contribution in [2.75, 3.05) is 11.5 Å². The first-order chi connectivity index (χ1) is 13.5. The van der Waals surface area contributed by atoms with Crippen molar-refractivity contribution in [1.29, 1.82) is 0 Å². The lowest BCUT2D eigenvalue weighted by Gasteiger charge is -2.40. The van der Waals surface area contributed by atoms with Crippen LogP contribution in [-0.4, -0.2) is 24.5 Å². The summed E-state index contributed by atoms with van der Waals surface area (Å²) >= 11 is 0. The van der Waals surface area contributed by atoms with E-state index in [2.05, 4.69) is 5.32 Å². The number of fused-ring (bicyclic) bond motifs is 2. The van der Waals surface area contributed by atoms with Gasteiger partial charge in [-0.05, 0) is 42.7 Å². The molecule has 2 aromatic rings. The number of rotatable bonds is 2. The predicted molar refractivity (Wildman–Crippen MR) is 99.1 cm³/mol. The Morgan fingerprint density at radius 3 is 2.79 bits per heavy atom. The van der Waals surface area contributed by atoms with E-state index >= 15 is 0 Å². The number of amides is 3. The Hall–Kier alpha value is -3.22. The first-order valence-electron chi connectivity index (χ1n) is 9.14. The number of hydrogen-bond acceptors (Lipinski definition) is 4. The van der Waals surface area contributed by atoms with E-state index in [0.29, 0.717) is 16.8 Å². The van der Waals surface area contributed by atoms with E-state index in [-0.39, 0.29) is 25.4 Å². The fourth-order valence-electron chi connectivity index (χ4n) is 4.23. The molecule has 4 rings (SSSR count). The lowest BCUT2D eigenvalue weighted by atomic mass is 9.67. The van der Waals surface area contributed by atoms with E-state index < -0.39 is 29.3 Å². The van der Waals surface area contributed by atoms with Gasteiger partial charge in [-0.2, -0.15) is 0 Å². The van der Waals surface area contributed by atoms with Crippen LogP contribution in [0.15, 0.2) is 48.5 Å². The summed E-state index contributed by atoms with van der Waals surface area (Å²) in [6.07, 6.45) is -0.416. The van der Waals surface area contributed by atoms with Crippen LogP contribution < -0.4 is 10.2 Å². The van der Waals surface area contributed by atoms with Crippen LogP contribution in [0, 0.1) is 5.82 Å². The SMILES string of the molecule is CCOC(=O)N1C(=O)C2(CCC(=O)NC2c2cccc(F)c2)c2ccccc21. The third-order valence-corrected chi connectivity index (χ3v) is 5.39. The van der Waals surface area contributed by atoms with Crippen LogP contribution in [0.1, 0.15) is 36.9 Å². The van der Waals surface area contributed by atoms with Crippen LogP contribution in [0.4, 0.5) is 14.9 Å². The minimum absolute atomic E-state index is 0.127. The largest absolute Gasteiger partial charge is 0.449 e. The zero-order valence-electron chi connectivity index (χ0n) is 15.3. The number of benzene rings is 2. The highest BCUT2D eigenvalue weighted by molar-refractivity contribution is 6.21. The van der Waals surface area contributed by atoms with Crippen molar-refractivity contribution in [2.45, 2.75) is 31.2 Å². The van der Waals surface area contributed by atoms with Crippen molar-refractivity contribution in [3.8, 4) is 0 Å². The van der Waals surface area contributed by atoms with Gasteiger partial charge in [0.15, 0.2) is 0 Å². The highest BCUT2D eigenvalue weighted by Gasteiger charge is 2.59. The quantitative estimate of drug-likeness (QED) is 0.865. The molecule has 1 fully saturated rings. The number of nitrogens with zero attached hydrogens (tertiary/aromatic N) is 1. The molecule has 0 radical (unpaired) electrons. The molecule has 1 spiro atoms. The van der Waals surface area contributed by atoms with Gasteiger partial charge in [-0.25, -0.2) is 14.1 Å². The number of halogens is 1. The summed E-state index contributed by atoms with van der Waals surface area (Å²) in [5.74, 6) is -1.16. The molecular weight excluding hydrogens is 363 g/mol. The Kier molecular flexibility index (Phi) is 4.37. The summed E-state index contributed by atoms with van der Waals surface area (Å²) in [6, 6.07) is 12.0. The molecule has 28 heavy (non-hydrogen) atoms. The smallest absolute Gasteiger partial charge is 0.421 e. The second-order valence-electron chi connectivity index (χ2n) is 6.88. The van der Waals surface area contributed by atoms with Crippen molar-refractivity contribution < 1.29 is 23.5 Å². The Morgan fingerprint density at radius 1 is 1.25 bits per heavy atom. The molecule has 6 nitrogen and oxygen atoms in total. The van der Waals surface area contributed by atoms with Gasteiger partial charge in [-0.3, -0.25) is 9.59 Å². The lowest BCUT2D eigenvalue weighted by molar-refractivity contribution is -0.130. The Morgan fingerprint density at radius 2 is 2.04 bits per heavy atom. The summed E-state index contributed by atoms with van der Waals surface area (Å²) in [5, 5.41) is 2.85. The number of anilines is 1. The maximum atomic E-state index is 13.9. The molecule has 7 heteroatoms. The van der Waals surface area contributed by atoms with Gasteiger partial charge in [-0.15, -0.1) is 0 Å². The van der Waals surface area contributed by atoms with Gasteiger partial charge < -0.3 is 10.1 Å². The molecule has 2 aromatic carbocycles. The number of carbonyl (C=O) groups excluding carboxylic acids is 3. The number of ether oxygens (including phenoxy) is 1. The van der Waals surface area contributed by atoms with E-state index in [1.807, 2.05) is 0 Å². The molecule has 3 amide bonds. The first kappa shape index (κ1) is 18.2. The topological polar surface area (TPSA) is 75.7 Å². The zero-order chi connectivity index (χ0) is 19.9. The third-order valence-electron chi connectivity index (χ3n) is 5.39. The van der Waals surface area contributed by atoms with Crippen molar-refractivity contribution in [2.24, 2.45) is 0 Å². The maximum Gasteiger partial charge on any atom is 0.421 e. The molecule has 0 saturated carbocycles. The zero-order valence-corrected chi connectivity index (χ0v) is 15.3. The van der Waals surface area contributed by atoms with Gasteiger partial charge in [0.25, 0.3) is 0 Å². The fraction of sp³-hybridized carbons (Fsp3) is 0.286. The van der Waals surface area contributed by atoms with Gasteiger partial charge in [-0.1, -0.05) is 30.3 Å². The standard InChI is InChI=1S/C21H19FN2O4/c1-2-28-20(27)24-16-9-4-3-8-15(16)21(19(24)26)11-10-17(25)23-18(21)13-6-5-7-14(22)12-13/h3-9,12,18H,2,10-11H2,1H3,(H,23,25). The Labute approximate surface area is 161 Å². The molecule has 2 aliphatic rings. The molecule has 2 unspecified atom stereocenters. The minimum atomic E-state index is -1.20. The number of para-hydroxylation sites is 1. The van der Waals surface area contributed by atoms with Crippen LogP contribution in [0.5, 0.6) is 0 Å². The number of carbonyl (C=O) groups is 3. The van der Waals surface area contributed by atoms with E-state index in [4.69, 9.17) is 4.74 Å². The minimum Gasteiger partial charge on any atom is -0.449 e. The van der Waals surface area contributed by atoms with Crippen molar-refractivity contribution >= 4 is 23.6 Å². The number of imide groups is 1. The molecule has 0 aliphatic carbocycles. The Balaban J connectivity index is 1.91. The second kappa shape index (κ2) is 6.74. The summed E-state index contributed by atoms with van der Waals surface area (Å²) in [5.41, 5.74) is 0.332. The number of nitrogens with one attached hydrogen (secondary N) is 1. The maximum absolute atomic E-state index is 13.9. The monoisotopic (exact) mass is 382 g/mol. The molecule has 1 saturated heterocycles. The van der Waals surface area contributed by atoms with E-state index in [9.17, 15) is 18.8 Å². The van der Waals surface area contributed by atoms with Gasteiger partial charge in [0.1, 0.15) is 11.2 Å². The third kappa shape index (κ3) is 2.58. The van der Waals surface area contributed by atoms with Gasteiger partial charge in [0.05, 0.1) is 18.3 Å². The molecule has 0 bridgehead atoms. The van der Waals surface area contributed by atoms with Crippen molar-refractivity contribution in [1.82, 2.24) is 5.32 Å². The van der Waals surface area contributed by atoms with Crippen LogP contribution in [0.3, 0.4) is 0 Å². The summed E-state index contributed by atoms with van der Waals surface area (Å²) < 4.78 is 19.0. The van der Waals surface area contributed by atoms with E-state index in [1.165, 1.54) is 18.2 Å². The molecule has 2 atom stereocenters. The fourth-order valence-corrected chi connectivity index (χ4v) is 4.23. The van der Waals surface area contributed by atoms with Crippen LogP contribution in [-0.2, 0) is 19.7 Å². The van der Waals surface area contributed by atoms with E-state index in [1.54, 1.807) is 37.3 Å². The summed E-state index contributed by atoms with van der Waals surface area (Å²) in [6.45, 7) is 1.79. The molecule has 0 aromatic heterocycles. The van der Waals surface area contributed by atoms with Crippen LogP contribution in [0.25, 0.3) is 0 Å². The average molecular weight is 382 g/mol. The molecule has 2 aliphatic heterocycles. The summed E-state index contributed by atoms with van der Waals surface area (Å²) in [7, 11) is 0. The second-order valence-corrected chi connectivity index (χ2v) is 6.88. The molecule has 2 heterocycles. The Bertz CT molecular complexity index is 976. The van der Waals surface area contributed by atoms with E-state index in [0.717, 1.165) is 4.90 Å². The van der Waals surface area contributed by atoms with Gasteiger partial charge in [0, 0.05) is 6.42 Å². The summed E-state index contributed by atoms with van der Waals surface area (Å²) in [4.78, 5) is 39.4. The van der Waals surface area contributed by atoms with Gasteiger partial charge in [0.2, 0.25) is 11.8 Å². The normalized spacial score (nSPS) is 23.5. The molecule has 144 valence electrons. The lowest BCUT2D eigenvalue weighted by Crippen LogP contribution is -2.55. The number of piperidine rings is 1. The number of hydrogen-bond donors (Lipinski definition) is 1. The molecular formula is C21H19FN2O4. The van der Waals surface area contributed by atoms with Crippen molar-refractivity contribution in [3.63, 3.8) is 0 Å². The predicted octanol–water partition coefficient (Wildman–Crippen LogP) is 3.22. The highest BCUT2D eigenvalue weighted by Crippen LogP contribution is 2.53. The van der Waals surface area contributed by atoms with Crippen LogP contribution in [0.2, 0.25) is 0 Å².